The number of rotatable bonds is 0. The van der Waals surface area contributed by atoms with Gasteiger partial charge in [0.15, 0.2) is 0 Å². The molecule has 9 heavy (non-hydrogen) atoms. The summed E-state index contributed by atoms with van der Waals surface area (Å²) in [6.07, 6.45) is 5.78. The largest absolute Gasteiger partial charge is 0.0811 e. The second-order valence-electron chi connectivity index (χ2n) is 3.07. The first kappa shape index (κ1) is 6.60. The van der Waals surface area contributed by atoms with E-state index < -0.39 is 0 Å². The zero-order chi connectivity index (χ0) is 6.85. The summed E-state index contributed by atoms with van der Waals surface area (Å²) < 4.78 is 0. The Labute approximate surface area is 57.3 Å². The van der Waals surface area contributed by atoms with Crippen LogP contribution in [-0.4, -0.2) is 0 Å². The Morgan fingerprint density at radius 3 is 2.44 bits per heavy atom. The Morgan fingerprint density at radius 2 is 2.22 bits per heavy atom. The molecule has 1 aliphatic carbocycles. The van der Waals surface area contributed by atoms with Crippen molar-refractivity contribution < 1.29 is 0 Å². The second-order valence-corrected chi connectivity index (χ2v) is 3.07. The van der Waals surface area contributed by atoms with Gasteiger partial charge in [0.1, 0.15) is 0 Å². The molecule has 0 nitrogen and oxygen atoms in total. The van der Waals surface area contributed by atoms with Gasteiger partial charge >= 0.3 is 0 Å². The lowest BCUT2D eigenvalue weighted by molar-refractivity contribution is 0.754. The van der Waals surface area contributed by atoms with Gasteiger partial charge in [0.05, 0.1) is 0 Å². The van der Waals surface area contributed by atoms with E-state index in [9.17, 15) is 0 Å². The highest BCUT2D eigenvalue weighted by Gasteiger charge is 2.07. The Bertz CT molecular complexity index is 157. The molecule has 0 saturated carbocycles. The zero-order valence-corrected chi connectivity index (χ0v) is 6.44. The van der Waals surface area contributed by atoms with Gasteiger partial charge in [-0.2, -0.15) is 0 Å². The van der Waals surface area contributed by atoms with Gasteiger partial charge < -0.3 is 0 Å². The minimum atomic E-state index is 0.773. The fraction of sp³-hybridized carbons (Fsp3) is 0.556. The van der Waals surface area contributed by atoms with Crippen LogP contribution in [0.1, 0.15) is 27.2 Å². The predicted molar refractivity (Wildman–Crippen MR) is 41.3 cm³/mol. The Balaban J connectivity index is 2.71. The van der Waals surface area contributed by atoms with Crippen molar-refractivity contribution >= 4 is 0 Å². The first-order valence-corrected chi connectivity index (χ1v) is 3.54. The van der Waals surface area contributed by atoms with E-state index in [0.717, 1.165) is 5.92 Å². The van der Waals surface area contributed by atoms with Gasteiger partial charge in [-0.3, -0.25) is 0 Å². The summed E-state index contributed by atoms with van der Waals surface area (Å²) in [5.41, 5.74) is 3.00. The van der Waals surface area contributed by atoms with Crippen LogP contribution in [0.5, 0.6) is 0 Å². The Kier molecular flexibility index (Phi) is 1.75. The standard InChI is InChI=1S/C9H14/c1-7(2)9-5-4-8(3)6-9/h4-5,8H,6H2,1-3H3. The first-order valence-electron chi connectivity index (χ1n) is 3.54. The zero-order valence-electron chi connectivity index (χ0n) is 6.44. The third-order valence-electron chi connectivity index (χ3n) is 1.81. The SMILES string of the molecule is CC(C)=C1C=CC(C)C1. The average Bonchev–Trinajstić information content (AvgIpc) is 2.14. The van der Waals surface area contributed by atoms with Crippen LogP contribution >= 0.6 is 0 Å². The molecule has 50 valence electrons. The summed E-state index contributed by atoms with van der Waals surface area (Å²) in [7, 11) is 0. The summed E-state index contributed by atoms with van der Waals surface area (Å²) in [5.74, 6) is 0.773. The van der Waals surface area contributed by atoms with Crippen molar-refractivity contribution in [1.29, 1.82) is 0 Å². The summed E-state index contributed by atoms with van der Waals surface area (Å²) in [6.45, 7) is 6.61. The van der Waals surface area contributed by atoms with Crippen LogP contribution in [-0.2, 0) is 0 Å². The summed E-state index contributed by atoms with van der Waals surface area (Å²) >= 11 is 0. The monoisotopic (exact) mass is 122 g/mol. The summed E-state index contributed by atoms with van der Waals surface area (Å²) in [4.78, 5) is 0. The highest BCUT2D eigenvalue weighted by atomic mass is 14.1. The fourth-order valence-electron chi connectivity index (χ4n) is 1.13. The molecule has 0 fully saturated rings. The molecule has 1 atom stereocenters. The maximum absolute atomic E-state index is 2.28. The lowest BCUT2D eigenvalue weighted by atomic mass is 10.1. The van der Waals surface area contributed by atoms with Crippen molar-refractivity contribution in [3.8, 4) is 0 Å². The van der Waals surface area contributed by atoms with Gasteiger partial charge in [0.25, 0.3) is 0 Å². The molecule has 0 aromatic carbocycles. The van der Waals surface area contributed by atoms with Gasteiger partial charge in [0, 0.05) is 0 Å². The van der Waals surface area contributed by atoms with Crippen LogP contribution in [0, 0.1) is 5.92 Å². The van der Waals surface area contributed by atoms with E-state index in [0.29, 0.717) is 0 Å². The Morgan fingerprint density at radius 1 is 1.56 bits per heavy atom. The van der Waals surface area contributed by atoms with Crippen LogP contribution in [0.15, 0.2) is 23.3 Å². The number of allylic oxidation sites excluding steroid dienone is 4. The minimum absolute atomic E-state index is 0.773. The molecule has 1 rings (SSSR count). The van der Waals surface area contributed by atoms with E-state index in [1.807, 2.05) is 0 Å². The van der Waals surface area contributed by atoms with Gasteiger partial charge in [-0.25, -0.2) is 0 Å². The lowest BCUT2D eigenvalue weighted by Gasteiger charge is -1.98. The molecule has 0 aliphatic heterocycles. The smallest absolute Gasteiger partial charge is 0.0218 e. The first-order chi connectivity index (χ1) is 4.20. The molecule has 1 unspecified atom stereocenters. The lowest BCUT2D eigenvalue weighted by Crippen LogP contribution is -1.83. The van der Waals surface area contributed by atoms with Crippen molar-refractivity contribution in [3.63, 3.8) is 0 Å². The number of hydrogen-bond acceptors (Lipinski definition) is 0. The summed E-state index contributed by atoms with van der Waals surface area (Å²) in [6, 6.07) is 0. The van der Waals surface area contributed by atoms with Crippen LogP contribution in [0.3, 0.4) is 0 Å². The molecular formula is C9H14. The predicted octanol–water partition coefficient (Wildman–Crippen LogP) is 2.92. The van der Waals surface area contributed by atoms with Gasteiger partial charge in [-0.05, 0) is 31.8 Å². The normalized spacial score (nSPS) is 25.2. The van der Waals surface area contributed by atoms with Crippen LogP contribution in [0.2, 0.25) is 0 Å². The summed E-state index contributed by atoms with van der Waals surface area (Å²) in [5, 5.41) is 0. The molecule has 0 saturated heterocycles. The van der Waals surface area contributed by atoms with Crippen molar-refractivity contribution in [1.82, 2.24) is 0 Å². The van der Waals surface area contributed by atoms with E-state index in [2.05, 4.69) is 32.9 Å². The molecule has 0 radical (unpaired) electrons. The molecule has 0 amide bonds. The van der Waals surface area contributed by atoms with E-state index >= 15 is 0 Å². The molecule has 0 spiro atoms. The molecule has 0 heteroatoms. The molecule has 0 bridgehead atoms. The van der Waals surface area contributed by atoms with E-state index in [-0.39, 0.29) is 0 Å². The molecule has 0 heterocycles. The molecule has 0 aromatic heterocycles. The van der Waals surface area contributed by atoms with E-state index in [4.69, 9.17) is 0 Å². The van der Waals surface area contributed by atoms with Crippen molar-refractivity contribution in [2.75, 3.05) is 0 Å². The highest BCUT2D eigenvalue weighted by molar-refractivity contribution is 5.29. The molecule has 0 N–H and O–H groups in total. The highest BCUT2D eigenvalue weighted by Crippen LogP contribution is 2.24. The van der Waals surface area contributed by atoms with Crippen LogP contribution in [0.25, 0.3) is 0 Å². The Hall–Kier alpha value is -0.520. The van der Waals surface area contributed by atoms with Crippen molar-refractivity contribution in [2.45, 2.75) is 27.2 Å². The molecule has 0 aromatic rings. The molecule has 1 aliphatic rings. The topological polar surface area (TPSA) is 0 Å². The average molecular weight is 122 g/mol. The quantitative estimate of drug-likeness (QED) is 0.463. The van der Waals surface area contributed by atoms with E-state index in [1.165, 1.54) is 17.6 Å². The van der Waals surface area contributed by atoms with Crippen LogP contribution in [0.4, 0.5) is 0 Å². The molecular weight excluding hydrogens is 108 g/mol. The van der Waals surface area contributed by atoms with Crippen LogP contribution < -0.4 is 0 Å². The third-order valence-corrected chi connectivity index (χ3v) is 1.81. The maximum Gasteiger partial charge on any atom is -0.0218 e. The minimum Gasteiger partial charge on any atom is -0.0811 e. The third kappa shape index (κ3) is 1.44. The number of hydrogen-bond donors (Lipinski definition) is 0. The van der Waals surface area contributed by atoms with Gasteiger partial charge in [0.2, 0.25) is 0 Å². The fourth-order valence-corrected chi connectivity index (χ4v) is 1.13. The van der Waals surface area contributed by atoms with Gasteiger partial charge in [-0.1, -0.05) is 24.6 Å². The van der Waals surface area contributed by atoms with E-state index in [1.54, 1.807) is 0 Å². The van der Waals surface area contributed by atoms with Crippen molar-refractivity contribution in [3.05, 3.63) is 23.3 Å². The maximum atomic E-state index is 2.28. The second kappa shape index (κ2) is 2.38. The van der Waals surface area contributed by atoms with Gasteiger partial charge in [-0.15, -0.1) is 0 Å². The van der Waals surface area contributed by atoms with Crippen molar-refractivity contribution in [2.24, 2.45) is 5.92 Å².